The monoisotopic (exact) mass is 584 g/mol. The van der Waals surface area contributed by atoms with Gasteiger partial charge in [-0.05, 0) is 50.3 Å². The highest BCUT2D eigenvalue weighted by Crippen LogP contribution is 2.40. The first-order chi connectivity index (χ1) is 16.7. The highest BCUT2D eigenvalue weighted by Gasteiger charge is 2.37. The van der Waals surface area contributed by atoms with Gasteiger partial charge in [-0.1, -0.05) is 22.0 Å². The summed E-state index contributed by atoms with van der Waals surface area (Å²) in [5.74, 6) is -0.360. The van der Waals surface area contributed by atoms with Gasteiger partial charge in [0.05, 0.1) is 17.4 Å². The van der Waals surface area contributed by atoms with Crippen LogP contribution >= 0.6 is 27.3 Å². The standard InChI is InChI=1S/C23H26BrFN4O4S2/c1-3-33-23(30)19-18(5-4-10-27-35(31,32)15-7-8-15)29(2)21(22-26-11-12-34-22)28-20(19)16-9-6-14(25)13-17(16)24/h6,9,11-13,15,20,27H,3-5,7-8,10H2,1-2H3/t20-/m0/s1. The van der Waals surface area contributed by atoms with Gasteiger partial charge >= 0.3 is 5.97 Å². The van der Waals surface area contributed by atoms with E-state index in [1.165, 1.54) is 23.5 Å². The molecule has 1 N–H and O–H groups in total. The molecule has 1 fully saturated rings. The molecule has 1 aromatic heterocycles. The number of sulfonamides is 1. The summed E-state index contributed by atoms with van der Waals surface area (Å²) in [5.41, 5.74) is 1.62. The lowest BCUT2D eigenvalue weighted by molar-refractivity contribution is -0.139. The van der Waals surface area contributed by atoms with Crippen LogP contribution in [0.1, 0.15) is 49.2 Å². The van der Waals surface area contributed by atoms with Crippen molar-refractivity contribution in [2.75, 3.05) is 20.2 Å². The highest BCUT2D eigenvalue weighted by atomic mass is 79.9. The summed E-state index contributed by atoms with van der Waals surface area (Å²) < 4.78 is 46.8. The number of benzene rings is 1. The van der Waals surface area contributed by atoms with E-state index >= 15 is 0 Å². The number of nitrogens with zero attached hydrogens (tertiary/aromatic N) is 3. The van der Waals surface area contributed by atoms with Gasteiger partial charge in [-0.2, -0.15) is 0 Å². The van der Waals surface area contributed by atoms with E-state index in [-0.39, 0.29) is 18.4 Å². The van der Waals surface area contributed by atoms with Crippen LogP contribution in [-0.2, 0) is 19.6 Å². The second-order valence-corrected chi connectivity index (χ2v) is 12.0. The van der Waals surface area contributed by atoms with Gasteiger partial charge in [0.2, 0.25) is 10.0 Å². The highest BCUT2D eigenvalue weighted by molar-refractivity contribution is 9.10. The molecule has 0 radical (unpaired) electrons. The Bertz CT molecular complexity index is 1260. The van der Waals surface area contributed by atoms with Gasteiger partial charge in [-0.25, -0.2) is 27.3 Å². The van der Waals surface area contributed by atoms with Crippen LogP contribution in [0.5, 0.6) is 0 Å². The van der Waals surface area contributed by atoms with Crippen LogP contribution in [0.25, 0.3) is 0 Å². The van der Waals surface area contributed by atoms with Gasteiger partial charge in [0.1, 0.15) is 11.9 Å². The lowest BCUT2D eigenvalue weighted by atomic mass is 9.93. The summed E-state index contributed by atoms with van der Waals surface area (Å²) in [7, 11) is -1.49. The van der Waals surface area contributed by atoms with Gasteiger partial charge < -0.3 is 9.64 Å². The van der Waals surface area contributed by atoms with Gasteiger partial charge in [0.15, 0.2) is 10.8 Å². The fraction of sp³-hybridized carbons (Fsp3) is 0.435. The summed E-state index contributed by atoms with van der Waals surface area (Å²) in [4.78, 5) is 24.3. The smallest absolute Gasteiger partial charge is 0.338 e. The Balaban J connectivity index is 1.72. The molecule has 4 rings (SSSR count). The van der Waals surface area contributed by atoms with Crippen molar-refractivity contribution in [3.05, 3.63) is 61.9 Å². The average molecular weight is 586 g/mol. The van der Waals surface area contributed by atoms with Crippen molar-refractivity contribution in [3.63, 3.8) is 0 Å². The number of ether oxygens (including phenoxy) is 1. The Morgan fingerprint density at radius 1 is 1.37 bits per heavy atom. The number of rotatable bonds is 10. The normalized spacial score (nSPS) is 18.6. The zero-order valence-corrected chi connectivity index (χ0v) is 22.6. The molecule has 2 aromatic rings. The van der Waals surface area contributed by atoms with Crippen molar-refractivity contribution in [3.8, 4) is 0 Å². The Morgan fingerprint density at radius 3 is 2.77 bits per heavy atom. The molecular formula is C23H26BrFN4O4S2. The number of esters is 1. The number of carbonyl (C=O) groups excluding carboxylic acids is 1. The molecule has 2 heterocycles. The second-order valence-electron chi connectivity index (χ2n) is 8.24. The molecule has 12 heteroatoms. The van der Waals surface area contributed by atoms with Crippen LogP contribution in [-0.4, -0.2) is 55.6 Å². The largest absolute Gasteiger partial charge is 0.463 e. The Morgan fingerprint density at radius 2 is 2.14 bits per heavy atom. The molecule has 1 aliphatic heterocycles. The maximum Gasteiger partial charge on any atom is 0.338 e. The predicted octanol–water partition coefficient (Wildman–Crippen LogP) is 4.16. The number of allylic oxidation sites excluding steroid dienone is 1. The quantitative estimate of drug-likeness (QED) is 0.332. The van der Waals surface area contributed by atoms with Gasteiger partial charge in [0.25, 0.3) is 0 Å². The molecule has 0 bridgehead atoms. The minimum Gasteiger partial charge on any atom is -0.463 e. The van der Waals surface area contributed by atoms with Crippen molar-refractivity contribution in [2.24, 2.45) is 4.99 Å². The number of amidine groups is 1. The van der Waals surface area contributed by atoms with E-state index in [4.69, 9.17) is 9.73 Å². The topological polar surface area (TPSA) is 101 Å². The zero-order chi connectivity index (χ0) is 25.2. The fourth-order valence-electron chi connectivity index (χ4n) is 3.93. The number of hydrogen-bond acceptors (Lipinski definition) is 8. The van der Waals surface area contributed by atoms with Gasteiger partial charge in [0, 0.05) is 35.3 Å². The Kier molecular flexibility index (Phi) is 8.04. The summed E-state index contributed by atoms with van der Waals surface area (Å²) >= 11 is 4.83. The molecule has 1 atom stereocenters. The molecular weight excluding hydrogens is 559 g/mol. The third-order valence-electron chi connectivity index (χ3n) is 5.79. The first-order valence-corrected chi connectivity index (χ1v) is 14.5. The number of thiazole rings is 1. The Hall–Kier alpha value is -2.15. The first-order valence-electron chi connectivity index (χ1n) is 11.3. The average Bonchev–Trinajstić information content (AvgIpc) is 3.54. The zero-order valence-electron chi connectivity index (χ0n) is 19.3. The van der Waals surface area contributed by atoms with E-state index in [1.54, 1.807) is 26.2 Å². The van der Waals surface area contributed by atoms with E-state index < -0.39 is 27.9 Å². The third-order valence-corrected chi connectivity index (χ3v) is 9.20. The van der Waals surface area contributed by atoms with Crippen LogP contribution in [0.2, 0.25) is 0 Å². The van der Waals surface area contributed by atoms with E-state index in [9.17, 15) is 17.6 Å². The van der Waals surface area contributed by atoms with E-state index in [1.807, 2.05) is 10.3 Å². The molecule has 0 spiro atoms. The van der Waals surface area contributed by atoms with Gasteiger partial charge in [-0.15, -0.1) is 11.3 Å². The van der Waals surface area contributed by atoms with Crippen LogP contribution < -0.4 is 4.72 Å². The number of hydrogen-bond donors (Lipinski definition) is 1. The minimum atomic E-state index is -3.30. The van der Waals surface area contributed by atoms with E-state index in [2.05, 4.69) is 25.6 Å². The molecule has 0 unspecified atom stereocenters. The molecule has 1 aliphatic carbocycles. The number of aliphatic imine (C=N–C) groups is 1. The number of halogens is 2. The molecule has 1 aromatic carbocycles. The van der Waals surface area contributed by atoms with Crippen LogP contribution in [0, 0.1) is 5.82 Å². The lowest BCUT2D eigenvalue weighted by Crippen LogP contribution is -2.36. The van der Waals surface area contributed by atoms with E-state index in [0.29, 0.717) is 57.8 Å². The van der Waals surface area contributed by atoms with Crippen LogP contribution in [0.3, 0.4) is 0 Å². The van der Waals surface area contributed by atoms with Crippen LogP contribution in [0.15, 0.2) is 50.5 Å². The van der Waals surface area contributed by atoms with Crippen molar-refractivity contribution >= 4 is 49.1 Å². The molecule has 1 saturated carbocycles. The molecule has 188 valence electrons. The number of carbonyl (C=O) groups is 1. The van der Waals surface area contributed by atoms with Crippen molar-refractivity contribution in [1.29, 1.82) is 0 Å². The Labute approximate surface area is 216 Å². The van der Waals surface area contributed by atoms with Gasteiger partial charge in [-0.3, -0.25) is 4.99 Å². The predicted molar refractivity (Wildman–Crippen MR) is 136 cm³/mol. The summed E-state index contributed by atoms with van der Waals surface area (Å²) in [6, 6.07) is 3.50. The number of nitrogens with one attached hydrogen (secondary N) is 1. The maximum atomic E-state index is 13.9. The summed E-state index contributed by atoms with van der Waals surface area (Å²) in [5, 5.41) is 2.22. The summed E-state index contributed by atoms with van der Waals surface area (Å²) in [6.07, 6.45) is 3.93. The second kappa shape index (κ2) is 10.9. The molecule has 0 amide bonds. The van der Waals surface area contributed by atoms with Crippen molar-refractivity contribution in [2.45, 2.75) is 43.9 Å². The minimum absolute atomic E-state index is 0.181. The lowest BCUT2D eigenvalue weighted by Gasteiger charge is -2.33. The molecule has 2 aliphatic rings. The first kappa shape index (κ1) is 25.9. The summed E-state index contributed by atoms with van der Waals surface area (Å²) in [6.45, 7) is 2.16. The van der Waals surface area contributed by atoms with Crippen molar-refractivity contribution in [1.82, 2.24) is 14.6 Å². The maximum absolute atomic E-state index is 13.9. The number of aromatic nitrogens is 1. The third kappa shape index (κ3) is 5.82. The fourth-order valence-corrected chi connectivity index (χ4v) is 6.58. The molecule has 35 heavy (non-hydrogen) atoms. The van der Waals surface area contributed by atoms with E-state index in [0.717, 1.165) is 0 Å². The SMILES string of the molecule is CCOC(=O)C1=C(CCCNS(=O)(=O)C2CC2)N(C)C(c2nccs2)=N[C@H]1c1ccc(F)cc1Br. The molecule has 8 nitrogen and oxygen atoms in total. The van der Waals surface area contributed by atoms with Crippen molar-refractivity contribution < 1.29 is 22.3 Å². The molecule has 0 saturated heterocycles. The van der Waals surface area contributed by atoms with Crippen LogP contribution in [0.4, 0.5) is 4.39 Å².